The SMILES string of the molecule is COC(O)(c1ccc(F)cc1)C(F)(F)F. The van der Waals surface area contributed by atoms with Gasteiger partial charge in [0.1, 0.15) is 5.82 Å². The number of methoxy groups -OCH3 is 1. The Bertz CT molecular complexity index is 333. The third-order valence-electron chi connectivity index (χ3n) is 1.92. The van der Waals surface area contributed by atoms with E-state index in [0.29, 0.717) is 0 Å². The molecule has 0 heterocycles. The van der Waals surface area contributed by atoms with Crippen molar-refractivity contribution in [1.29, 1.82) is 0 Å². The summed E-state index contributed by atoms with van der Waals surface area (Å²) in [7, 11) is 0.719. The van der Waals surface area contributed by atoms with Crippen LogP contribution in [0.3, 0.4) is 0 Å². The van der Waals surface area contributed by atoms with Crippen LogP contribution in [0.5, 0.6) is 0 Å². The second kappa shape index (κ2) is 3.79. The fraction of sp³-hybridized carbons (Fsp3) is 0.333. The van der Waals surface area contributed by atoms with E-state index in [-0.39, 0.29) is 0 Å². The van der Waals surface area contributed by atoms with Crippen LogP contribution in [0.15, 0.2) is 24.3 Å². The first-order chi connectivity index (χ1) is 6.81. The molecule has 0 amide bonds. The molecule has 15 heavy (non-hydrogen) atoms. The highest BCUT2D eigenvalue weighted by molar-refractivity contribution is 5.22. The normalized spacial score (nSPS) is 16.1. The van der Waals surface area contributed by atoms with Gasteiger partial charge in [-0.3, -0.25) is 0 Å². The van der Waals surface area contributed by atoms with Crippen LogP contribution >= 0.6 is 0 Å². The third kappa shape index (κ3) is 2.10. The molecule has 2 nitrogen and oxygen atoms in total. The Balaban J connectivity index is 3.18. The van der Waals surface area contributed by atoms with Gasteiger partial charge in [0.05, 0.1) is 0 Å². The summed E-state index contributed by atoms with van der Waals surface area (Å²) in [5, 5.41) is 9.25. The van der Waals surface area contributed by atoms with Gasteiger partial charge in [-0.15, -0.1) is 0 Å². The van der Waals surface area contributed by atoms with Crippen LogP contribution in [0.4, 0.5) is 17.6 Å². The van der Waals surface area contributed by atoms with Crippen molar-refractivity contribution in [2.24, 2.45) is 0 Å². The molecule has 1 rings (SSSR count). The number of benzene rings is 1. The molecule has 0 fully saturated rings. The Hall–Kier alpha value is -1.14. The maximum absolute atomic E-state index is 12.5. The lowest BCUT2D eigenvalue weighted by atomic mass is 10.1. The van der Waals surface area contributed by atoms with Crippen LogP contribution in [0.1, 0.15) is 5.56 Å². The van der Waals surface area contributed by atoms with Crippen molar-refractivity contribution in [2.45, 2.75) is 12.0 Å². The third-order valence-corrected chi connectivity index (χ3v) is 1.92. The van der Waals surface area contributed by atoms with Crippen LogP contribution < -0.4 is 0 Å². The van der Waals surface area contributed by atoms with Crippen LogP contribution in [-0.2, 0) is 10.5 Å². The van der Waals surface area contributed by atoms with Crippen molar-refractivity contribution >= 4 is 0 Å². The molecule has 0 saturated carbocycles. The van der Waals surface area contributed by atoms with Crippen molar-refractivity contribution in [2.75, 3.05) is 7.11 Å². The summed E-state index contributed by atoms with van der Waals surface area (Å²) in [5.41, 5.74) is -0.570. The Morgan fingerprint density at radius 3 is 1.93 bits per heavy atom. The van der Waals surface area contributed by atoms with E-state index >= 15 is 0 Å². The number of halogens is 4. The minimum atomic E-state index is -4.99. The predicted octanol–water partition coefficient (Wildman–Crippen LogP) is 2.18. The molecule has 1 aromatic rings. The quantitative estimate of drug-likeness (QED) is 0.616. The molecule has 0 aliphatic heterocycles. The second-order valence-corrected chi connectivity index (χ2v) is 2.85. The van der Waals surface area contributed by atoms with Gasteiger partial charge in [-0.2, -0.15) is 13.2 Å². The van der Waals surface area contributed by atoms with Gasteiger partial charge in [0, 0.05) is 12.7 Å². The first-order valence-corrected chi connectivity index (χ1v) is 3.91. The Labute approximate surface area is 83.1 Å². The van der Waals surface area contributed by atoms with Crippen molar-refractivity contribution in [3.63, 3.8) is 0 Å². The smallest absolute Gasteiger partial charge is 0.355 e. The molecule has 0 radical (unpaired) electrons. The fourth-order valence-corrected chi connectivity index (χ4v) is 1.07. The van der Waals surface area contributed by atoms with E-state index in [0.717, 1.165) is 31.4 Å². The van der Waals surface area contributed by atoms with E-state index < -0.39 is 23.3 Å². The maximum Gasteiger partial charge on any atom is 0.448 e. The van der Waals surface area contributed by atoms with Gasteiger partial charge in [-0.1, -0.05) is 12.1 Å². The highest BCUT2D eigenvalue weighted by atomic mass is 19.4. The van der Waals surface area contributed by atoms with Gasteiger partial charge in [-0.25, -0.2) is 4.39 Å². The molecular formula is C9H8F4O2. The van der Waals surface area contributed by atoms with Crippen molar-refractivity contribution in [1.82, 2.24) is 0 Å². The van der Waals surface area contributed by atoms with E-state index in [9.17, 15) is 22.7 Å². The fourth-order valence-electron chi connectivity index (χ4n) is 1.07. The second-order valence-electron chi connectivity index (χ2n) is 2.85. The molecule has 0 saturated heterocycles. The van der Waals surface area contributed by atoms with Gasteiger partial charge in [0.2, 0.25) is 0 Å². The first-order valence-electron chi connectivity index (χ1n) is 3.91. The average molecular weight is 224 g/mol. The number of ether oxygens (including phenoxy) is 1. The Kier molecular flexibility index (Phi) is 3.01. The van der Waals surface area contributed by atoms with E-state index in [2.05, 4.69) is 4.74 Å². The molecule has 0 aliphatic carbocycles. The summed E-state index contributed by atoms with van der Waals surface area (Å²) in [5.74, 6) is -4.10. The molecule has 1 unspecified atom stereocenters. The van der Waals surface area contributed by atoms with Crippen LogP contribution in [0.25, 0.3) is 0 Å². The molecule has 1 atom stereocenters. The maximum atomic E-state index is 12.5. The summed E-state index contributed by atoms with van der Waals surface area (Å²) in [4.78, 5) is 0. The molecule has 1 aromatic carbocycles. The minimum Gasteiger partial charge on any atom is -0.355 e. The highest BCUT2D eigenvalue weighted by Crippen LogP contribution is 2.39. The lowest BCUT2D eigenvalue weighted by Crippen LogP contribution is -2.43. The zero-order chi connectivity index (χ0) is 11.7. The topological polar surface area (TPSA) is 29.5 Å². The molecule has 1 N–H and O–H groups in total. The first kappa shape index (κ1) is 11.9. The van der Waals surface area contributed by atoms with E-state index in [1.165, 1.54) is 0 Å². The average Bonchev–Trinajstić information content (AvgIpc) is 2.16. The number of hydrogen-bond donors (Lipinski definition) is 1. The van der Waals surface area contributed by atoms with Gasteiger partial charge < -0.3 is 9.84 Å². The summed E-state index contributed by atoms with van der Waals surface area (Å²) < 4.78 is 53.8. The summed E-state index contributed by atoms with van der Waals surface area (Å²) in [6.07, 6.45) is -4.99. The largest absolute Gasteiger partial charge is 0.448 e. The van der Waals surface area contributed by atoms with Crippen LogP contribution in [0.2, 0.25) is 0 Å². The van der Waals surface area contributed by atoms with E-state index in [1.54, 1.807) is 0 Å². The Morgan fingerprint density at radius 1 is 1.13 bits per heavy atom. The van der Waals surface area contributed by atoms with E-state index in [4.69, 9.17) is 0 Å². The Morgan fingerprint density at radius 2 is 1.60 bits per heavy atom. The summed E-state index contributed by atoms with van der Waals surface area (Å²) >= 11 is 0. The molecule has 0 aliphatic rings. The zero-order valence-electron chi connectivity index (χ0n) is 7.68. The van der Waals surface area contributed by atoms with Gasteiger partial charge in [-0.05, 0) is 12.1 Å². The minimum absolute atomic E-state index is 0.570. The lowest BCUT2D eigenvalue weighted by Gasteiger charge is -2.28. The summed E-state index contributed by atoms with van der Waals surface area (Å²) in [6.45, 7) is 0. The molecule has 0 bridgehead atoms. The standard InChI is InChI=1S/C9H8F4O2/c1-15-8(14,9(11,12)13)6-2-4-7(10)5-3-6/h2-5,14H,1H3. The predicted molar refractivity (Wildman–Crippen MR) is 43.4 cm³/mol. The van der Waals surface area contributed by atoms with Gasteiger partial charge in [0.15, 0.2) is 0 Å². The van der Waals surface area contributed by atoms with Crippen molar-refractivity contribution < 1.29 is 27.4 Å². The number of alkyl halides is 3. The van der Waals surface area contributed by atoms with Crippen molar-refractivity contribution in [3.05, 3.63) is 35.6 Å². The van der Waals surface area contributed by atoms with E-state index in [1.807, 2.05) is 0 Å². The number of aliphatic hydroxyl groups is 1. The highest BCUT2D eigenvalue weighted by Gasteiger charge is 2.56. The molecular weight excluding hydrogens is 216 g/mol. The van der Waals surface area contributed by atoms with Gasteiger partial charge in [0.25, 0.3) is 5.79 Å². The molecule has 6 heteroatoms. The number of hydrogen-bond acceptors (Lipinski definition) is 2. The molecule has 0 aromatic heterocycles. The van der Waals surface area contributed by atoms with Crippen LogP contribution in [0, 0.1) is 5.82 Å². The monoisotopic (exact) mass is 224 g/mol. The lowest BCUT2D eigenvalue weighted by molar-refractivity contribution is -0.367. The summed E-state index contributed by atoms with van der Waals surface area (Å²) in [6, 6.07) is 3.24. The molecule has 0 spiro atoms. The van der Waals surface area contributed by atoms with Crippen molar-refractivity contribution in [3.8, 4) is 0 Å². The number of rotatable bonds is 2. The van der Waals surface area contributed by atoms with Gasteiger partial charge >= 0.3 is 6.18 Å². The molecule has 84 valence electrons. The van der Waals surface area contributed by atoms with Crippen LogP contribution in [-0.4, -0.2) is 18.4 Å². The zero-order valence-corrected chi connectivity index (χ0v) is 7.68.